The van der Waals surface area contributed by atoms with E-state index in [0.29, 0.717) is 29.1 Å². The maximum absolute atomic E-state index is 12.2. The van der Waals surface area contributed by atoms with Crippen LogP contribution >= 0.6 is 11.3 Å². The zero-order valence-electron chi connectivity index (χ0n) is 20.7. The fourth-order valence-corrected chi connectivity index (χ4v) is 5.27. The van der Waals surface area contributed by atoms with E-state index in [1.54, 1.807) is 23.7 Å². The second-order valence-corrected chi connectivity index (χ2v) is 10.8. The van der Waals surface area contributed by atoms with Crippen LogP contribution in [0.4, 0.5) is 5.69 Å². The van der Waals surface area contributed by atoms with Crippen LogP contribution in [0.3, 0.4) is 0 Å². The molecule has 8 nitrogen and oxygen atoms in total. The highest BCUT2D eigenvalue weighted by atomic mass is 32.1. The molecule has 6 aromatic rings. The van der Waals surface area contributed by atoms with Gasteiger partial charge in [0.25, 0.3) is 0 Å². The topological polar surface area (TPSA) is 112 Å². The molecule has 1 aromatic carbocycles. The van der Waals surface area contributed by atoms with Crippen molar-refractivity contribution in [3.05, 3.63) is 65.8 Å². The lowest BCUT2D eigenvalue weighted by Crippen LogP contribution is -2.14. The largest absolute Gasteiger partial charge is 0.336 e. The molecule has 3 N–H and O–H groups in total. The monoisotopic (exact) mass is 507 g/mol. The maximum Gasteiger partial charge on any atom is 0.224 e. The Morgan fingerprint density at radius 2 is 1.92 bits per heavy atom. The fraction of sp³-hybridized carbons (Fsp3) is 0.179. The molecular formula is C28H25N7OS. The molecule has 0 aliphatic carbocycles. The number of amides is 1. The van der Waals surface area contributed by atoms with Crippen LogP contribution < -0.4 is 5.32 Å². The molecule has 5 aromatic heterocycles. The molecule has 37 heavy (non-hydrogen) atoms. The average Bonchev–Trinajstić information content (AvgIpc) is 3.60. The molecule has 0 saturated heterocycles. The van der Waals surface area contributed by atoms with Gasteiger partial charge in [0.2, 0.25) is 5.91 Å². The van der Waals surface area contributed by atoms with E-state index in [9.17, 15) is 4.79 Å². The van der Waals surface area contributed by atoms with Gasteiger partial charge >= 0.3 is 0 Å². The Kier molecular flexibility index (Phi) is 5.77. The molecule has 0 radical (unpaired) electrons. The van der Waals surface area contributed by atoms with Crippen LogP contribution in [0.15, 0.2) is 60.9 Å². The van der Waals surface area contributed by atoms with Gasteiger partial charge in [-0.2, -0.15) is 5.10 Å². The third-order valence-electron chi connectivity index (χ3n) is 6.06. The number of aryl methyl sites for hydroxylation is 1. The van der Waals surface area contributed by atoms with Crippen molar-refractivity contribution in [1.82, 2.24) is 30.1 Å². The summed E-state index contributed by atoms with van der Waals surface area (Å²) in [6.45, 7) is 6.14. The van der Waals surface area contributed by atoms with E-state index in [0.717, 1.165) is 33.4 Å². The molecule has 0 fully saturated rings. The van der Waals surface area contributed by atoms with Crippen LogP contribution in [0, 0.1) is 12.8 Å². The molecule has 0 aliphatic heterocycles. The Hall–Kier alpha value is -4.37. The summed E-state index contributed by atoms with van der Waals surface area (Å²) in [5.41, 5.74) is 7.28. The number of anilines is 1. The first-order chi connectivity index (χ1) is 17.9. The van der Waals surface area contributed by atoms with Crippen molar-refractivity contribution in [2.45, 2.75) is 27.2 Å². The lowest BCUT2D eigenvalue weighted by molar-refractivity contribution is -0.116. The number of H-pyrrole nitrogens is 2. The van der Waals surface area contributed by atoms with Gasteiger partial charge in [0.05, 0.1) is 34.1 Å². The maximum atomic E-state index is 12.2. The molecule has 0 spiro atoms. The smallest absolute Gasteiger partial charge is 0.224 e. The number of fused-ring (bicyclic) bond motifs is 2. The standard InChI is InChI=1S/C28H25N7OS/c1-15(2)11-24(36)30-18-12-17(13-29-14-18)20-8-9-22-26(31-20)27(35-34-22)28-32-21-6-4-5-19(25(21)33-28)23-10-7-16(3)37-23/h4-10,12-15H,11H2,1-3H3,(H,30,36)(H,32,33)(H,34,35). The van der Waals surface area contributed by atoms with Gasteiger partial charge in [-0.25, -0.2) is 9.97 Å². The normalized spacial score (nSPS) is 11.6. The quantitative estimate of drug-likeness (QED) is 0.236. The number of nitrogens with zero attached hydrogens (tertiary/aromatic N) is 4. The van der Waals surface area contributed by atoms with Crippen molar-refractivity contribution in [1.29, 1.82) is 0 Å². The average molecular weight is 508 g/mol. The molecule has 6 rings (SSSR count). The molecule has 0 saturated carbocycles. The summed E-state index contributed by atoms with van der Waals surface area (Å²) in [4.78, 5) is 32.2. The molecular weight excluding hydrogens is 482 g/mol. The number of benzene rings is 1. The van der Waals surface area contributed by atoms with Gasteiger partial charge in [0.1, 0.15) is 5.52 Å². The fourth-order valence-electron chi connectivity index (χ4n) is 4.38. The zero-order valence-corrected chi connectivity index (χ0v) is 21.5. The Bertz CT molecular complexity index is 1760. The number of pyridine rings is 2. The molecule has 184 valence electrons. The molecule has 9 heteroatoms. The highest BCUT2D eigenvalue weighted by molar-refractivity contribution is 7.15. The van der Waals surface area contributed by atoms with E-state index in [4.69, 9.17) is 9.97 Å². The van der Waals surface area contributed by atoms with Gasteiger partial charge in [-0.1, -0.05) is 26.0 Å². The van der Waals surface area contributed by atoms with E-state index >= 15 is 0 Å². The molecule has 0 aliphatic rings. The van der Waals surface area contributed by atoms with E-state index in [1.165, 1.54) is 9.75 Å². The van der Waals surface area contributed by atoms with Crippen LogP contribution in [-0.2, 0) is 4.79 Å². The molecule has 0 bridgehead atoms. The lowest BCUT2D eigenvalue weighted by Gasteiger charge is -2.08. The molecule has 0 atom stereocenters. The van der Waals surface area contributed by atoms with Crippen LogP contribution in [0.1, 0.15) is 25.1 Å². The van der Waals surface area contributed by atoms with Gasteiger partial charge in [0.15, 0.2) is 11.5 Å². The van der Waals surface area contributed by atoms with Gasteiger partial charge in [0, 0.05) is 33.5 Å². The SMILES string of the molecule is Cc1ccc(-c2cccc3[nH]c(-c4n[nH]c5ccc(-c6cncc(NC(=O)CC(C)C)c6)nc45)nc23)s1. The number of thiophene rings is 1. The Labute approximate surface area is 217 Å². The lowest BCUT2D eigenvalue weighted by atomic mass is 10.1. The number of para-hydroxylation sites is 1. The Morgan fingerprint density at radius 1 is 1.03 bits per heavy atom. The first-order valence-electron chi connectivity index (χ1n) is 12.1. The molecule has 0 unspecified atom stereocenters. The predicted octanol–water partition coefficient (Wildman–Crippen LogP) is 6.58. The number of carbonyl (C=O) groups excluding carboxylic acids is 1. The van der Waals surface area contributed by atoms with Crippen molar-refractivity contribution < 1.29 is 4.79 Å². The molecule has 5 heterocycles. The number of hydrogen-bond donors (Lipinski definition) is 3. The minimum absolute atomic E-state index is 0.0311. The summed E-state index contributed by atoms with van der Waals surface area (Å²) in [6.07, 6.45) is 3.84. The van der Waals surface area contributed by atoms with E-state index in [-0.39, 0.29) is 11.8 Å². The van der Waals surface area contributed by atoms with Gasteiger partial charge in [-0.15, -0.1) is 11.3 Å². The third-order valence-corrected chi connectivity index (χ3v) is 7.10. The van der Waals surface area contributed by atoms with E-state index < -0.39 is 0 Å². The number of nitrogens with one attached hydrogen (secondary N) is 3. The first-order valence-corrected chi connectivity index (χ1v) is 12.9. The summed E-state index contributed by atoms with van der Waals surface area (Å²) >= 11 is 1.75. The summed E-state index contributed by atoms with van der Waals surface area (Å²) in [5.74, 6) is 0.902. The highest BCUT2D eigenvalue weighted by Gasteiger charge is 2.17. The van der Waals surface area contributed by atoms with Gasteiger partial charge < -0.3 is 10.3 Å². The summed E-state index contributed by atoms with van der Waals surface area (Å²) in [6, 6.07) is 16.2. The number of carbonyl (C=O) groups is 1. The number of imidazole rings is 1. The van der Waals surface area contributed by atoms with Gasteiger partial charge in [-0.3, -0.25) is 14.9 Å². The van der Waals surface area contributed by atoms with Crippen molar-refractivity contribution in [3.8, 4) is 33.2 Å². The summed E-state index contributed by atoms with van der Waals surface area (Å²) in [7, 11) is 0. The van der Waals surface area contributed by atoms with Crippen LogP contribution in [0.25, 0.3) is 55.3 Å². The molecule has 1 amide bonds. The van der Waals surface area contributed by atoms with Crippen molar-refractivity contribution in [3.63, 3.8) is 0 Å². The summed E-state index contributed by atoms with van der Waals surface area (Å²) in [5, 5.41) is 10.5. The highest BCUT2D eigenvalue weighted by Crippen LogP contribution is 2.34. The predicted molar refractivity (Wildman–Crippen MR) is 148 cm³/mol. The minimum Gasteiger partial charge on any atom is -0.336 e. The van der Waals surface area contributed by atoms with Crippen LogP contribution in [-0.4, -0.2) is 36.0 Å². The first kappa shape index (κ1) is 23.1. The number of hydrogen-bond acceptors (Lipinski definition) is 6. The number of aromatic amines is 2. The Morgan fingerprint density at radius 3 is 2.73 bits per heavy atom. The van der Waals surface area contributed by atoms with E-state index in [2.05, 4.69) is 50.6 Å². The minimum atomic E-state index is -0.0311. The Balaban J connectivity index is 1.38. The van der Waals surface area contributed by atoms with Crippen LogP contribution in [0.5, 0.6) is 0 Å². The van der Waals surface area contributed by atoms with Crippen LogP contribution in [0.2, 0.25) is 0 Å². The van der Waals surface area contributed by atoms with Gasteiger partial charge in [-0.05, 0) is 49.2 Å². The van der Waals surface area contributed by atoms with Crippen molar-refractivity contribution in [2.75, 3.05) is 5.32 Å². The van der Waals surface area contributed by atoms with Crippen molar-refractivity contribution >= 4 is 45.0 Å². The number of rotatable bonds is 6. The zero-order chi connectivity index (χ0) is 25.5. The third kappa shape index (κ3) is 4.49. The van der Waals surface area contributed by atoms with E-state index in [1.807, 2.05) is 44.2 Å². The number of aromatic nitrogens is 6. The van der Waals surface area contributed by atoms with Crippen molar-refractivity contribution in [2.24, 2.45) is 5.92 Å². The second kappa shape index (κ2) is 9.25. The summed E-state index contributed by atoms with van der Waals surface area (Å²) < 4.78 is 0. The second-order valence-electron chi connectivity index (χ2n) is 9.47.